The number of thiophene rings is 1. The molecule has 3 rings (SSSR count). The fourth-order valence-electron chi connectivity index (χ4n) is 2.80. The lowest BCUT2D eigenvalue weighted by molar-refractivity contribution is 0.0696. The third-order valence-corrected chi connectivity index (χ3v) is 5.09. The first-order valence-corrected chi connectivity index (χ1v) is 8.30. The summed E-state index contributed by atoms with van der Waals surface area (Å²) < 4.78 is 5.19. The van der Waals surface area contributed by atoms with E-state index in [1.54, 1.807) is 17.4 Å². The molecule has 0 atom stereocenters. The highest BCUT2D eigenvalue weighted by Gasteiger charge is 2.21. The van der Waals surface area contributed by atoms with E-state index in [1.807, 2.05) is 5.38 Å². The number of fused-ring (bicyclic) bond motifs is 1. The molecule has 5 nitrogen and oxygen atoms in total. The number of aromatic carboxylic acids is 1. The lowest BCUT2D eigenvalue weighted by Crippen LogP contribution is -2.15. The number of methoxy groups -OCH3 is 1. The second-order valence-corrected chi connectivity index (χ2v) is 6.40. The molecule has 1 amide bonds. The van der Waals surface area contributed by atoms with Crippen LogP contribution in [0.1, 0.15) is 44.0 Å². The lowest BCUT2D eigenvalue weighted by Gasteiger charge is -2.14. The van der Waals surface area contributed by atoms with Gasteiger partial charge in [-0.05, 0) is 49.4 Å². The van der Waals surface area contributed by atoms with Crippen molar-refractivity contribution in [2.45, 2.75) is 25.7 Å². The molecule has 1 aromatic carbocycles. The first-order valence-electron chi connectivity index (χ1n) is 7.42. The fourth-order valence-corrected chi connectivity index (χ4v) is 3.93. The van der Waals surface area contributed by atoms with Crippen molar-refractivity contribution >= 4 is 28.9 Å². The molecule has 1 aliphatic rings. The van der Waals surface area contributed by atoms with Crippen molar-refractivity contribution in [3.8, 4) is 5.75 Å². The molecule has 1 aromatic heterocycles. The van der Waals surface area contributed by atoms with Crippen molar-refractivity contribution in [3.05, 3.63) is 45.1 Å². The molecule has 0 spiro atoms. The van der Waals surface area contributed by atoms with Crippen LogP contribution in [0.15, 0.2) is 23.6 Å². The van der Waals surface area contributed by atoms with Crippen LogP contribution in [0.3, 0.4) is 0 Å². The number of carbonyl (C=O) groups excluding carboxylic acids is 1. The van der Waals surface area contributed by atoms with Crippen LogP contribution in [0.4, 0.5) is 5.69 Å². The Labute approximate surface area is 137 Å². The summed E-state index contributed by atoms with van der Waals surface area (Å²) >= 11 is 1.64. The molecule has 1 heterocycles. The Bertz CT molecular complexity index is 766. The van der Waals surface area contributed by atoms with Crippen LogP contribution in [-0.2, 0) is 12.8 Å². The van der Waals surface area contributed by atoms with Crippen LogP contribution in [-0.4, -0.2) is 24.1 Å². The minimum absolute atomic E-state index is 0.118. The zero-order valence-corrected chi connectivity index (χ0v) is 13.5. The van der Waals surface area contributed by atoms with Gasteiger partial charge in [-0.25, -0.2) is 4.79 Å². The van der Waals surface area contributed by atoms with Gasteiger partial charge in [0.15, 0.2) is 0 Å². The van der Waals surface area contributed by atoms with Crippen LogP contribution in [0.2, 0.25) is 0 Å². The number of anilines is 1. The van der Waals surface area contributed by atoms with E-state index >= 15 is 0 Å². The maximum absolute atomic E-state index is 12.6. The van der Waals surface area contributed by atoms with Crippen molar-refractivity contribution in [2.75, 3.05) is 12.4 Å². The van der Waals surface area contributed by atoms with Crippen molar-refractivity contribution in [3.63, 3.8) is 0 Å². The van der Waals surface area contributed by atoms with Crippen LogP contribution < -0.4 is 10.1 Å². The molecule has 1 aliphatic carbocycles. The maximum atomic E-state index is 12.6. The van der Waals surface area contributed by atoms with Gasteiger partial charge in [-0.15, -0.1) is 11.3 Å². The SMILES string of the molecule is COc1cc(C(=O)O)ccc1NC(=O)c1csc2c1CCCC2. The summed E-state index contributed by atoms with van der Waals surface area (Å²) in [5.41, 5.74) is 2.46. The predicted molar refractivity (Wildman–Crippen MR) is 88.9 cm³/mol. The third kappa shape index (κ3) is 3.07. The summed E-state index contributed by atoms with van der Waals surface area (Å²) in [6.07, 6.45) is 4.28. The Morgan fingerprint density at radius 3 is 2.78 bits per heavy atom. The minimum Gasteiger partial charge on any atom is -0.495 e. The number of carboxylic acids is 1. The highest BCUT2D eigenvalue weighted by molar-refractivity contribution is 7.10. The third-order valence-electron chi connectivity index (χ3n) is 4.00. The molecule has 0 radical (unpaired) electrons. The van der Waals surface area contributed by atoms with Crippen molar-refractivity contribution in [2.24, 2.45) is 0 Å². The van der Waals surface area contributed by atoms with E-state index in [9.17, 15) is 9.59 Å². The molecule has 0 bridgehead atoms. The lowest BCUT2D eigenvalue weighted by atomic mass is 9.95. The summed E-state index contributed by atoms with van der Waals surface area (Å²) in [7, 11) is 1.45. The number of rotatable bonds is 4. The molecular formula is C17H17NO4S. The topological polar surface area (TPSA) is 75.6 Å². The Hall–Kier alpha value is -2.34. The number of nitrogens with one attached hydrogen (secondary N) is 1. The van der Waals surface area contributed by atoms with Crippen molar-refractivity contribution in [1.29, 1.82) is 0 Å². The van der Waals surface area contributed by atoms with Gasteiger partial charge in [0.1, 0.15) is 5.75 Å². The zero-order chi connectivity index (χ0) is 16.4. The van der Waals surface area contributed by atoms with Gasteiger partial charge in [-0.3, -0.25) is 4.79 Å². The highest BCUT2D eigenvalue weighted by atomic mass is 32.1. The molecule has 0 saturated carbocycles. The summed E-state index contributed by atoms with van der Waals surface area (Å²) in [5.74, 6) is -0.874. The van der Waals surface area contributed by atoms with E-state index in [1.165, 1.54) is 30.5 Å². The van der Waals surface area contributed by atoms with Gasteiger partial charge < -0.3 is 15.2 Å². The van der Waals surface area contributed by atoms with Crippen LogP contribution in [0.5, 0.6) is 5.75 Å². The van der Waals surface area contributed by atoms with E-state index in [0.29, 0.717) is 17.0 Å². The number of benzene rings is 1. The number of carboxylic acid groups (broad SMARTS) is 1. The summed E-state index contributed by atoms with van der Waals surface area (Å²) in [4.78, 5) is 24.9. The van der Waals surface area contributed by atoms with Gasteiger partial charge in [-0.2, -0.15) is 0 Å². The Kier molecular flexibility index (Phi) is 4.34. The normalized spacial score (nSPS) is 13.3. The monoisotopic (exact) mass is 331 g/mol. The van der Waals surface area contributed by atoms with E-state index in [2.05, 4.69) is 5.32 Å². The van der Waals surface area contributed by atoms with Gasteiger partial charge in [-0.1, -0.05) is 0 Å². The molecule has 0 aliphatic heterocycles. The van der Waals surface area contributed by atoms with Crippen LogP contribution >= 0.6 is 11.3 Å². The number of ether oxygens (including phenoxy) is 1. The van der Waals surface area contributed by atoms with Gasteiger partial charge >= 0.3 is 5.97 Å². The maximum Gasteiger partial charge on any atom is 0.335 e. The number of aryl methyl sites for hydroxylation is 1. The highest BCUT2D eigenvalue weighted by Crippen LogP contribution is 2.32. The van der Waals surface area contributed by atoms with Crippen molar-refractivity contribution in [1.82, 2.24) is 0 Å². The molecule has 6 heteroatoms. The average Bonchev–Trinajstić information content (AvgIpc) is 2.99. The van der Waals surface area contributed by atoms with Gasteiger partial charge in [0, 0.05) is 10.3 Å². The van der Waals surface area contributed by atoms with E-state index < -0.39 is 5.97 Å². The average molecular weight is 331 g/mol. The second kappa shape index (κ2) is 6.42. The largest absolute Gasteiger partial charge is 0.495 e. The molecule has 2 aromatic rings. The van der Waals surface area contributed by atoms with E-state index in [4.69, 9.17) is 9.84 Å². The molecule has 120 valence electrons. The summed E-state index contributed by atoms with van der Waals surface area (Å²) in [5, 5.41) is 13.8. The van der Waals surface area contributed by atoms with Gasteiger partial charge in [0.2, 0.25) is 0 Å². The smallest absolute Gasteiger partial charge is 0.335 e. The molecular weight excluding hydrogens is 314 g/mol. The number of hydrogen-bond donors (Lipinski definition) is 2. The first kappa shape index (κ1) is 15.6. The molecule has 23 heavy (non-hydrogen) atoms. The van der Waals surface area contributed by atoms with Crippen LogP contribution in [0.25, 0.3) is 0 Å². The number of carbonyl (C=O) groups is 2. The standard InChI is InChI=1S/C17H17NO4S/c1-22-14-8-10(17(20)21)6-7-13(14)18-16(19)12-9-23-15-5-3-2-4-11(12)15/h6-9H,2-5H2,1H3,(H,18,19)(H,20,21). The Balaban J connectivity index is 1.85. The molecule has 0 fully saturated rings. The Morgan fingerprint density at radius 2 is 2.04 bits per heavy atom. The van der Waals surface area contributed by atoms with Gasteiger partial charge in [0.05, 0.1) is 23.9 Å². The quantitative estimate of drug-likeness (QED) is 0.898. The number of hydrogen-bond acceptors (Lipinski definition) is 4. The Morgan fingerprint density at radius 1 is 1.26 bits per heavy atom. The summed E-state index contributed by atoms with van der Waals surface area (Å²) in [6.45, 7) is 0. The van der Waals surface area contributed by atoms with Crippen molar-refractivity contribution < 1.29 is 19.4 Å². The summed E-state index contributed by atoms with van der Waals surface area (Å²) in [6, 6.07) is 4.41. The predicted octanol–water partition coefficient (Wildman–Crippen LogP) is 3.59. The van der Waals surface area contributed by atoms with Gasteiger partial charge in [0.25, 0.3) is 5.91 Å². The number of amides is 1. The van der Waals surface area contributed by atoms with E-state index in [0.717, 1.165) is 24.8 Å². The molecule has 0 unspecified atom stereocenters. The van der Waals surface area contributed by atoms with E-state index in [-0.39, 0.29) is 11.5 Å². The first-order chi connectivity index (χ1) is 11.1. The molecule has 2 N–H and O–H groups in total. The minimum atomic E-state index is -1.03. The van der Waals surface area contributed by atoms with Crippen LogP contribution in [0, 0.1) is 0 Å². The fraction of sp³-hybridized carbons (Fsp3) is 0.294. The molecule has 0 saturated heterocycles. The second-order valence-electron chi connectivity index (χ2n) is 5.43. The zero-order valence-electron chi connectivity index (χ0n) is 12.7.